The summed E-state index contributed by atoms with van der Waals surface area (Å²) < 4.78 is 87.2. The molecular formula is C5H7F6O4P. The molecular weight excluding hydrogens is 269 g/mol. The molecule has 0 saturated heterocycles. The number of hydrogen-bond acceptors (Lipinski definition) is 2. The normalized spacial score (nSPS) is 18.3. The molecule has 16 heavy (non-hydrogen) atoms. The molecule has 4 nitrogen and oxygen atoms in total. The number of halogens is 6. The van der Waals surface area contributed by atoms with Crippen LogP contribution in [0.25, 0.3) is 0 Å². The van der Waals surface area contributed by atoms with Crippen LogP contribution in [-0.2, 0) is 9.09 Å². The molecule has 0 saturated carbocycles. The van der Waals surface area contributed by atoms with Crippen LogP contribution in [0.4, 0.5) is 26.3 Å². The fourth-order valence-electron chi connectivity index (χ4n) is 0.603. The van der Waals surface area contributed by atoms with Crippen molar-refractivity contribution in [3.63, 3.8) is 0 Å². The van der Waals surface area contributed by atoms with Gasteiger partial charge in [0.1, 0.15) is 0 Å². The largest absolute Gasteiger partial charge is 0.472 e. The molecule has 0 fully saturated rings. The highest BCUT2D eigenvalue weighted by atomic mass is 31.2. The van der Waals surface area contributed by atoms with Gasteiger partial charge in [0.05, 0.1) is 0 Å². The molecule has 2 atom stereocenters. The lowest BCUT2D eigenvalue weighted by molar-refractivity contribution is -0.294. The van der Waals surface area contributed by atoms with Crippen molar-refractivity contribution in [2.24, 2.45) is 0 Å². The SMILES string of the molecule is CC(F)C(F)(F)C(F)(F)C(F)OP(=O)(O)O. The highest BCUT2D eigenvalue weighted by molar-refractivity contribution is 7.46. The minimum absolute atomic E-state index is 0.0398. The standard InChI is InChI=1S/C5H7F6O4P/c1-2(6)4(8,9)5(10,11)3(7)15-16(12,13)14/h2-3H,1H3,(H2,12,13,14). The number of phosphoric acid groups is 1. The van der Waals surface area contributed by atoms with Gasteiger partial charge in [-0.15, -0.1) is 0 Å². The fourth-order valence-corrected chi connectivity index (χ4v) is 0.977. The molecule has 0 aliphatic carbocycles. The van der Waals surface area contributed by atoms with Gasteiger partial charge in [-0.1, -0.05) is 0 Å². The highest BCUT2D eigenvalue weighted by Gasteiger charge is 2.67. The third kappa shape index (κ3) is 3.34. The van der Waals surface area contributed by atoms with E-state index in [2.05, 4.69) is 4.52 Å². The van der Waals surface area contributed by atoms with Crippen LogP contribution in [0.2, 0.25) is 0 Å². The number of rotatable bonds is 5. The molecule has 98 valence electrons. The molecule has 0 aromatic heterocycles. The highest BCUT2D eigenvalue weighted by Crippen LogP contribution is 2.48. The van der Waals surface area contributed by atoms with Crippen molar-refractivity contribution in [3.8, 4) is 0 Å². The third-order valence-electron chi connectivity index (χ3n) is 1.46. The molecule has 0 radical (unpaired) electrons. The molecule has 0 heterocycles. The van der Waals surface area contributed by atoms with Gasteiger partial charge in [-0.25, -0.2) is 17.9 Å². The molecule has 0 aromatic rings. The quantitative estimate of drug-likeness (QED) is 0.595. The first-order valence-electron chi connectivity index (χ1n) is 3.60. The van der Waals surface area contributed by atoms with E-state index in [0.717, 1.165) is 0 Å². The van der Waals surface area contributed by atoms with Crippen molar-refractivity contribution in [2.45, 2.75) is 31.3 Å². The lowest BCUT2D eigenvalue weighted by Gasteiger charge is -2.29. The van der Waals surface area contributed by atoms with E-state index in [1.165, 1.54) is 0 Å². The Morgan fingerprint density at radius 1 is 1.12 bits per heavy atom. The first kappa shape index (κ1) is 15.7. The topological polar surface area (TPSA) is 66.8 Å². The van der Waals surface area contributed by atoms with E-state index in [9.17, 15) is 30.9 Å². The zero-order valence-electron chi connectivity index (χ0n) is 7.58. The Morgan fingerprint density at radius 2 is 1.50 bits per heavy atom. The zero-order chi connectivity index (χ0) is 13.4. The monoisotopic (exact) mass is 276 g/mol. The van der Waals surface area contributed by atoms with E-state index in [4.69, 9.17) is 9.79 Å². The van der Waals surface area contributed by atoms with Gasteiger partial charge in [0, 0.05) is 0 Å². The molecule has 0 spiro atoms. The molecule has 2 N–H and O–H groups in total. The summed E-state index contributed by atoms with van der Waals surface area (Å²) in [4.78, 5) is 15.9. The molecule has 0 aromatic carbocycles. The van der Waals surface area contributed by atoms with Crippen molar-refractivity contribution in [1.82, 2.24) is 0 Å². The summed E-state index contributed by atoms with van der Waals surface area (Å²) in [5.41, 5.74) is 0. The summed E-state index contributed by atoms with van der Waals surface area (Å²) in [6, 6.07) is 0. The number of phosphoric ester groups is 1. The van der Waals surface area contributed by atoms with Crippen LogP contribution in [0.3, 0.4) is 0 Å². The van der Waals surface area contributed by atoms with E-state index in [0.29, 0.717) is 0 Å². The molecule has 11 heteroatoms. The molecule has 0 rings (SSSR count). The van der Waals surface area contributed by atoms with Gasteiger partial charge in [-0.2, -0.15) is 17.6 Å². The summed E-state index contributed by atoms with van der Waals surface area (Å²) in [6.45, 7) is 0.0398. The first-order chi connectivity index (χ1) is 6.82. The lowest BCUT2D eigenvalue weighted by Crippen LogP contribution is -2.53. The predicted octanol–water partition coefficient (Wildman–Crippen LogP) is 2.02. The van der Waals surface area contributed by atoms with Crippen LogP contribution in [0.1, 0.15) is 6.92 Å². The van der Waals surface area contributed by atoms with Gasteiger partial charge >= 0.3 is 19.7 Å². The molecule has 0 bridgehead atoms. The van der Waals surface area contributed by atoms with Gasteiger partial charge < -0.3 is 9.79 Å². The van der Waals surface area contributed by atoms with Crippen LogP contribution in [0.5, 0.6) is 0 Å². The second kappa shape index (κ2) is 4.52. The van der Waals surface area contributed by atoms with Crippen molar-refractivity contribution in [3.05, 3.63) is 0 Å². The van der Waals surface area contributed by atoms with Gasteiger partial charge in [-0.05, 0) is 6.92 Å². The summed E-state index contributed by atoms with van der Waals surface area (Å²) in [6.07, 6.45) is -7.76. The van der Waals surface area contributed by atoms with Crippen LogP contribution in [-0.4, -0.2) is 34.2 Å². The third-order valence-corrected chi connectivity index (χ3v) is 1.92. The second-order valence-electron chi connectivity index (χ2n) is 2.77. The van der Waals surface area contributed by atoms with E-state index >= 15 is 0 Å². The van der Waals surface area contributed by atoms with Crippen molar-refractivity contribution < 1.29 is 45.2 Å². The van der Waals surface area contributed by atoms with Crippen molar-refractivity contribution in [2.75, 3.05) is 0 Å². The maximum atomic E-state index is 12.5. The average molecular weight is 276 g/mol. The lowest BCUT2D eigenvalue weighted by atomic mass is 10.1. The van der Waals surface area contributed by atoms with Crippen LogP contribution in [0, 0.1) is 0 Å². The summed E-state index contributed by atoms with van der Waals surface area (Å²) in [5, 5.41) is 0. The van der Waals surface area contributed by atoms with E-state index < -0.39 is 32.2 Å². The Kier molecular flexibility index (Phi) is 4.43. The number of alkyl halides is 6. The Hall–Kier alpha value is -0.310. The zero-order valence-corrected chi connectivity index (χ0v) is 8.48. The van der Waals surface area contributed by atoms with Crippen molar-refractivity contribution in [1.29, 1.82) is 0 Å². The predicted molar refractivity (Wildman–Crippen MR) is 38.5 cm³/mol. The smallest absolute Gasteiger partial charge is 0.303 e. The molecule has 2 unspecified atom stereocenters. The van der Waals surface area contributed by atoms with E-state index in [1.807, 2.05) is 0 Å². The van der Waals surface area contributed by atoms with Gasteiger partial charge in [0.2, 0.25) is 0 Å². The van der Waals surface area contributed by atoms with Gasteiger partial charge in [-0.3, -0.25) is 0 Å². The second-order valence-corrected chi connectivity index (χ2v) is 3.97. The summed E-state index contributed by atoms with van der Waals surface area (Å²) in [7, 11) is -5.73. The Balaban J connectivity index is 4.99. The molecule has 0 aliphatic heterocycles. The fraction of sp³-hybridized carbons (Fsp3) is 1.00. The van der Waals surface area contributed by atoms with Crippen LogP contribution in [0.15, 0.2) is 0 Å². The Morgan fingerprint density at radius 3 is 1.75 bits per heavy atom. The maximum Gasteiger partial charge on any atom is 0.472 e. The average Bonchev–Trinajstić information content (AvgIpc) is 1.99. The molecule has 0 amide bonds. The molecule has 0 aliphatic rings. The minimum atomic E-state index is -5.73. The minimum Gasteiger partial charge on any atom is -0.303 e. The number of hydrogen-bond donors (Lipinski definition) is 2. The summed E-state index contributed by atoms with van der Waals surface area (Å²) >= 11 is 0. The van der Waals surface area contributed by atoms with Crippen LogP contribution < -0.4 is 0 Å². The summed E-state index contributed by atoms with van der Waals surface area (Å²) in [5.74, 6) is -11.2. The van der Waals surface area contributed by atoms with Crippen molar-refractivity contribution >= 4 is 7.82 Å². The van der Waals surface area contributed by atoms with Gasteiger partial charge in [0.15, 0.2) is 6.17 Å². The maximum absolute atomic E-state index is 12.5. The van der Waals surface area contributed by atoms with E-state index in [-0.39, 0.29) is 6.92 Å². The first-order valence-corrected chi connectivity index (χ1v) is 5.13. The Bertz CT molecular complexity index is 289. The van der Waals surface area contributed by atoms with Crippen LogP contribution >= 0.6 is 7.82 Å². The van der Waals surface area contributed by atoms with Gasteiger partial charge in [0.25, 0.3) is 6.36 Å². The van der Waals surface area contributed by atoms with E-state index in [1.54, 1.807) is 0 Å². The Labute approximate surface area is 85.4 Å².